The van der Waals surface area contributed by atoms with Gasteiger partial charge in [0, 0.05) is 96.0 Å². The number of pyridine rings is 1. The first kappa shape index (κ1) is 47.8. The molecule has 368 valence electrons. The van der Waals surface area contributed by atoms with Crippen LogP contribution in [0.15, 0.2) is 78.0 Å². The topological polar surface area (TPSA) is 202 Å². The predicted octanol–water partition coefficient (Wildman–Crippen LogP) is 4.84. The van der Waals surface area contributed by atoms with Gasteiger partial charge in [-0.05, 0) is 97.2 Å². The smallest absolute Gasteiger partial charge is 0.426 e. The van der Waals surface area contributed by atoms with Crippen LogP contribution in [0, 0.1) is 11.3 Å². The SMILES string of the molecule is CC[C@]1(O)CC2CN(CCc3c([nH]c4ccccc34)[C@@](C(=O)OC)(c3cc4c(cc3OC)N(C)[C@H]3[C@@](O)(C(=O)NNC(=O)OCCSSc5ccccn5)[C@H](O)[C@]5(CC)C=CCN6CC[C@]43[C@@H]65)C2)C1. The number of hydrogen-bond acceptors (Lipinski definition) is 15. The first-order valence-electron chi connectivity index (χ1n) is 24.1. The zero-order chi connectivity index (χ0) is 48.5. The molecule has 2 aromatic carbocycles. The van der Waals surface area contributed by atoms with Crippen molar-refractivity contribution in [2.75, 3.05) is 71.3 Å². The third-order valence-corrected chi connectivity index (χ3v) is 18.9. The Morgan fingerprint density at radius 3 is 2.55 bits per heavy atom. The van der Waals surface area contributed by atoms with Crippen LogP contribution in [0.5, 0.6) is 5.75 Å². The molecule has 2 amide bonds. The van der Waals surface area contributed by atoms with Crippen molar-refractivity contribution in [3.05, 3.63) is 95.3 Å². The summed E-state index contributed by atoms with van der Waals surface area (Å²) in [6.07, 6.45) is 5.99. The second-order valence-corrected chi connectivity index (χ2v) is 22.3. The van der Waals surface area contributed by atoms with E-state index in [1.165, 1.54) is 28.7 Å². The highest BCUT2D eigenvalue weighted by Gasteiger charge is 2.79. The summed E-state index contributed by atoms with van der Waals surface area (Å²) in [6.45, 7) is 7.14. The van der Waals surface area contributed by atoms with Crippen molar-refractivity contribution >= 4 is 56.1 Å². The molecule has 18 heteroatoms. The number of hydrazine groups is 1. The number of methoxy groups -OCH3 is 2. The molecule has 7 heterocycles. The largest absolute Gasteiger partial charge is 0.496 e. The standard InChI is InChI=1S/C51H63N7O9S2/c1-6-47(63)27-31-28-50(45(61)66-5,40-33(16-21-57(29-31)30-47)32-13-8-9-14-36(32)53-40)35-25-34-37(26-38(35)65-4)56(3)42-49(34)18-22-58-20-12-17-48(7-2,41(49)58)43(59)51(42,64)44(60)54-55-46(62)67-23-24-68-69-39-15-10-11-19-52-39/h8-15,17,19,25-26,31,41-43,53,59,63-64H,6-7,16,18,20-24,27-30H2,1-5H3,(H,54,60)(H,55,62)/t31?,41-,42+,43+,47-,48+,49+,50-,51-/m0/s1. The molecule has 6 N–H and O–H groups in total. The van der Waals surface area contributed by atoms with Crippen LogP contribution < -0.4 is 20.5 Å². The number of para-hydroxylation sites is 1. The van der Waals surface area contributed by atoms with Gasteiger partial charge in [-0.15, -0.1) is 0 Å². The average molecular weight is 982 g/mol. The monoisotopic (exact) mass is 981 g/mol. The van der Waals surface area contributed by atoms with Crippen molar-refractivity contribution in [3.63, 3.8) is 0 Å². The number of esters is 1. The van der Waals surface area contributed by atoms with Gasteiger partial charge in [0.2, 0.25) is 0 Å². The molecule has 5 aliphatic heterocycles. The minimum Gasteiger partial charge on any atom is -0.496 e. The number of aliphatic hydroxyl groups is 3. The van der Waals surface area contributed by atoms with Crippen LogP contribution in [0.4, 0.5) is 10.5 Å². The maximum absolute atomic E-state index is 15.4. The van der Waals surface area contributed by atoms with E-state index in [4.69, 9.17) is 14.2 Å². The minimum absolute atomic E-state index is 0.0415. The van der Waals surface area contributed by atoms with Crippen LogP contribution in [0.25, 0.3) is 10.9 Å². The third kappa shape index (κ3) is 7.28. The molecule has 10 rings (SSSR count). The van der Waals surface area contributed by atoms with Crippen molar-refractivity contribution < 1.29 is 43.9 Å². The highest BCUT2D eigenvalue weighted by atomic mass is 33.1. The van der Waals surface area contributed by atoms with Crippen LogP contribution in [0.3, 0.4) is 0 Å². The number of aromatic amines is 1. The quantitative estimate of drug-likeness (QED) is 0.0392. The number of anilines is 1. The Morgan fingerprint density at radius 1 is 0.986 bits per heavy atom. The number of fused-ring (bicyclic) bond motifs is 6. The number of H-pyrrole nitrogens is 1. The van der Waals surface area contributed by atoms with Gasteiger partial charge < -0.3 is 39.4 Å². The molecular weight excluding hydrogens is 919 g/mol. The van der Waals surface area contributed by atoms with E-state index in [0.29, 0.717) is 94.0 Å². The van der Waals surface area contributed by atoms with E-state index in [1.54, 1.807) is 13.3 Å². The zero-order valence-corrected chi connectivity index (χ0v) is 41.5. The Balaban J connectivity index is 1.09. The maximum atomic E-state index is 15.4. The van der Waals surface area contributed by atoms with E-state index in [9.17, 15) is 24.9 Å². The second kappa shape index (κ2) is 18.1. The zero-order valence-electron chi connectivity index (χ0n) is 39.8. The molecule has 69 heavy (non-hydrogen) atoms. The fraction of sp³-hybridized carbons (Fsp3) is 0.529. The number of amides is 2. The van der Waals surface area contributed by atoms with Gasteiger partial charge in [-0.1, -0.05) is 61.1 Å². The van der Waals surface area contributed by atoms with Gasteiger partial charge in [-0.25, -0.2) is 15.2 Å². The second-order valence-electron chi connectivity index (χ2n) is 19.9. The molecule has 0 radical (unpaired) electrons. The number of aromatic nitrogens is 2. The Kier molecular flexibility index (Phi) is 12.5. The van der Waals surface area contributed by atoms with E-state index in [0.717, 1.165) is 32.7 Å². The van der Waals surface area contributed by atoms with Gasteiger partial charge in [0.1, 0.15) is 28.9 Å². The summed E-state index contributed by atoms with van der Waals surface area (Å²) in [5.41, 5.74) is 2.42. The molecule has 1 saturated carbocycles. The minimum atomic E-state index is -2.51. The number of carbonyl (C=O) groups is 3. The fourth-order valence-electron chi connectivity index (χ4n) is 13.9. The first-order chi connectivity index (χ1) is 33.2. The molecule has 4 aromatic rings. The van der Waals surface area contributed by atoms with Gasteiger partial charge >= 0.3 is 12.1 Å². The van der Waals surface area contributed by atoms with Crippen molar-refractivity contribution in [1.82, 2.24) is 30.6 Å². The summed E-state index contributed by atoms with van der Waals surface area (Å²) in [7, 11) is 7.73. The van der Waals surface area contributed by atoms with Gasteiger partial charge in [0.05, 0.1) is 25.9 Å². The van der Waals surface area contributed by atoms with E-state index in [-0.39, 0.29) is 18.6 Å². The molecule has 1 aliphatic carbocycles. The van der Waals surface area contributed by atoms with Crippen LogP contribution >= 0.6 is 21.6 Å². The molecule has 1 spiro atoms. The third-order valence-electron chi connectivity index (χ3n) is 16.7. The lowest BCUT2D eigenvalue weighted by Gasteiger charge is -2.63. The number of likely N-dealkylation sites (N-methyl/N-ethyl adjacent to an activating group) is 1. The summed E-state index contributed by atoms with van der Waals surface area (Å²) in [5.74, 6) is -0.720. The van der Waals surface area contributed by atoms with E-state index in [2.05, 4.69) is 42.8 Å². The number of rotatable bonds is 11. The fourth-order valence-corrected chi connectivity index (χ4v) is 15.6. The lowest BCUT2D eigenvalue weighted by Crippen LogP contribution is -2.82. The number of benzene rings is 2. The van der Waals surface area contributed by atoms with Gasteiger partial charge in [-0.2, -0.15) is 0 Å². The molecule has 16 nitrogen and oxygen atoms in total. The summed E-state index contributed by atoms with van der Waals surface area (Å²) in [5, 5.41) is 40.2. The summed E-state index contributed by atoms with van der Waals surface area (Å²) in [6, 6.07) is 16.2. The Bertz CT molecular complexity index is 2670. The van der Waals surface area contributed by atoms with E-state index >= 15 is 4.79 Å². The maximum Gasteiger partial charge on any atom is 0.426 e. The van der Waals surface area contributed by atoms with Gasteiger partial charge in [0.25, 0.3) is 5.91 Å². The van der Waals surface area contributed by atoms with Crippen LogP contribution in [0.2, 0.25) is 0 Å². The van der Waals surface area contributed by atoms with Crippen LogP contribution in [-0.4, -0.2) is 149 Å². The highest BCUT2D eigenvalue weighted by Crippen LogP contribution is 2.67. The number of carbonyl (C=O) groups excluding carboxylic acids is 3. The Morgan fingerprint density at radius 2 is 1.80 bits per heavy atom. The molecular formula is C51H63N7O9S2. The number of nitrogens with zero attached hydrogens (tertiary/aromatic N) is 4. The number of aliphatic hydroxyl groups excluding tert-OH is 1. The number of hydrogen-bond donors (Lipinski definition) is 6. The van der Waals surface area contributed by atoms with Gasteiger partial charge in [0.15, 0.2) is 5.60 Å². The van der Waals surface area contributed by atoms with Crippen molar-refractivity contribution in [2.24, 2.45) is 11.3 Å². The molecule has 3 fully saturated rings. The first-order valence-corrected chi connectivity index (χ1v) is 26.4. The highest BCUT2D eigenvalue weighted by molar-refractivity contribution is 8.76. The van der Waals surface area contributed by atoms with Crippen LogP contribution in [0.1, 0.15) is 68.3 Å². The molecule has 2 bridgehead atoms. The number of piperidine rings is 1. The van der Waals surface area contributed by atoms with Crippen molar-refractivity contribution in [1.29, 1.82) is 0 Å². The predicted molar refractivity (Wildman–Crippen MR) is 264 cm³/mol. The van der Waals surface area contributed by atoms with Crippen molar-refractivity contribution in [3.8, 4) is 5.75 Å². The van der Waals surface area contributed by atoms with Crippen molar-refractivity contribution in [2.45, 2.75) is 97.6 Å². The summed E-state index contributed by atoms with van der Waals surface area (Å²) >= 11 is 0. The number of nitrogens with one attached hydrogen (secondary N) is 3. The van der Waals surface area contributed by atoms with Crippen LogP contribution in [-0.2, 0) is 36.3 Å². The molecule has 2 aromatic heterocycles. The molecule has 2 saturated heterocycles. The summed E-state index contributed by atoms with van der Waals surface area (Å²) < 4.78 is 17.8. The Hall–Kier alpha value is -4.82. The molecule has 6 aliphatic rings. The molecule has 10 atom stereocenters. The van der Waals surface area contributed by atoms with E-state index in [1.807, 2.05) is 80.4 Å². The van der Waals surface area contributed by atoms with Gasteiger partial charge in [-0.3, -0.25) is 24.8 Å². The lowest BCUT2D eigenvalue weighted by atomic mass is 9.47. The van der Waals surface area contributed by atoms with E-state index < -0.39 is 57.6 Å². The average Bonchev–Trinajstić information content (AvgIpc) is 4.03. The molecule has 2 unspecified atom stereocenters. The Labute approximate surface area is 410 Å². The summed E-state index contributed by atoms with van der Waals surface area (Å²) in [4.78, 5) is 58.0. The lowest BCUT2D eigenvalue weighted by molar-refractivity contribution is -0.204. The number of ether oxygens (including phenoxy) is 3. The normalized spacial score (nSPS) is 33.2.